The first-order chi connectivity index (χ1) is 9.72. The summed E-state index contributed by atoms with van der Waals surface area (Å²) in [5.41, 5.74) is 1.07. The third-order valence-electron chi connectivity index (χ3n) is 3.48. The maximum atomic E-state index is 6.18. The Hall–Kier alpha value is -0.480. The lowest BCUT2D eigenvalue weighted by molar-refractivity contribution is 0.191. The van der Waals surface area contributed by atoms with Crippen molar-refractivity contribution in [3.05, 3.63) is 27.7 Å². The first kappa shape index (κ1) is 15.9. The molecule has 0 spiro atoms. The van der Waals surface area contributed by atoms with Gasteiger partial charge in [-0.3, -0.25) is 0 Å². The van der Waals surface area contributed by atoms with Crippen molar-refractivity contribution >= 4 is 23.2 Å². The summed E-state index contributed by atoms with van der Waals surface area (Å²) in [6.45, 7) is 2.51. The molecule has 1 unspecified atom stereocenters. The molecule has 0 saturated heterocycles. The fraction of sp³-hybridized carbons (Fsp3) is 0.600. The van der Waals surface area contributed by atoms with Crippen LogP contribution in [-0.2, 0) is 4.74 Å². The predicted octanol–water partition coefficient (Wildman–Crippen LogP) is 4.22. The Morgan fingerprint density at radius 2 is 2.15 bits per heavy atom. The van der Waals surface area contributed by atoms with E-state index in [1.165, 1.54) is 6.42 Å². The van der Waals surface area contributed by atoms with Gasteiger partial charge in [0.2, 0.25) is 0 Å². The van der Waals surface area contributed by atoms with Gasteiger partial charge in [0, 0.05) is 36.8 Å². The zero-order valence-electron chi connectivity index (χ0n) is 11.8. The van der Waals surface area contributed by atoms with Crippen molar-refractivity contribution < 1.29 is 9.47 Å². The maximum Gasteiger partial charge on any atom is 0.142 e. The normalized spacial score (nSPS) is 17.6. The minimum Gasteiger partial charge on any atom is -0.492 e. The molecule has 0 fully saturated rings. The Bertz CT molecular complexity index is 440. The molecule has 0 aromatic heterocycles. The molecule has 0 radical (unpaired) electrons. The first-order valence-electron chi connectivity index (χ1n) is 7.06. The SMILES string of the molecule is COCCCCCNC1CCOc2c(Cl)cc(Cl)cc21. The Labute approximate surface area is 130 Å². The van der Waals surface area contributed by atoms with Crippen LogP contribution in [0.15, 0.2) is 12.1 Å². The van der Waals surface area contributed by atoms with Crippen molar-refractivity contribution in [1.29, 1.82) is 0 Å². The van der Waals surface area contributed by atoms with E-state index < -0.39 is 0 Å². The van der Waals surface area contributed by atoms with E-state index in [2.05, 4.69) is 5.32 Å². The highest BCUT2D eigenvalue weighted by molar-refractivity contribution is 6.35. The summed E-state index contributed by atoms with van der Waals surface area (Å²) >= 11 is 12.3. The summed E-state index contributed by atoms with van der Waals surface area (Å²) < 4.78 is 10.7. The molecule has 1 aliphatic rings. The van der Waals surface area contributed by atoms with E-state index in [-0.39, 0.29) is 6.04 Å². The fourth-order valence-electron chi connectivity index (χ4n) is 2.46. The summed E-state index contributed by atoms with van der Waals surface area (Å²) in [7, 11) is 1.74. The smallest absolute Gasteiger partial charge is 0.142 e. The molecule has 1 aromatic carbocycles. The molecule has 0 aliphatic carbocycles. The highest BCUT2D eigenvalue weighted by atomic mass is 35.5. The van der Waals surface area contributed by atoms with Crippen LogP contribution in [0.2, 0.25) is 10.0 Å². The summed E-state index contributed by atoms with van der Waals surface area (Å²) in [6.07, 6.45) is 4.37. The largest absolute Gasteiger partial charge is 0.492 e. The molecule has 5 heteroatoms. The topological polar surface area (TPSA) is 30.5 Å². The quantitative estimate of drug-likeness (QED) is 0.764. The maximum absolute atomic E-state index is 6.18. The van der Waals surface area contributed by atoms with Crippen LogP contribution in [0.4, 0.5) is 0 Å². The number of ether oxygens (including phenoxy) is 2. The predicted molar refractivity (Wildman–Crippen MR) is 83.0 cm³/mol. The van der Waals surface area contributed by atoms with Crippen molar-refractivity contribution in [2.24, 2.45) is 0 Å². The molecule has 1 heterocycles. The van der Waals surface area contributed by atoms with Gasteiger partial charge < -0.3 is 14.8 Å². The van der Waals surface area contributed by atoms with Crippen molar-refractivity contribution in [2.75, 3.05) is 26.9 Å². The minimum absolute atomic E-state index is 0.275. The van der Waals surface area contributed by atoms with Gasteiger partial charge in [0.15, 0.2) is 0 Å². The average Bonchev–Trinajstić information content (AvgIpc) is 2.43. The van der Waals surface area contributed by atoms with Crippen LogP contribution in [0.3, 0.4) is 0 Å². The van der Waals surface area contributed by atoms with Crippen molar-refractivity contribution in [1.82, 2.24) is 5.32 Å². The number of methoxy groups -OCH3 is 1. The summed E-state index contributed by atoms with van der Waals surface area (Å²) in [4.78, 5) is 0. The second-order valence-electron chi connectivity index (χ2n) is 5.00. The number of nitrogens with one attached hydrogen (secondary N) is 1. The molecular weight excluding hydrogens is 297 g/mol. The zero-order chi connectivity index (χ0) is 14.4. The van der Waals surface area contributed by atoms with Gasteiger partial charge in [-0.25, -0.2) is 0 Å². The molecule has 0 amide bonds. The number of halogens is 2. The Morgan fingerprint density at radius 3 is 2.95 bits per heavy atom. The van der Waals surface area contributed by atoms with Gasteiger partial charge in [0.25, 0.3) is 0 Å². The van der Waals surface area contributed by atoms with Gasteiger partial charge in [-0.05, 0) is 37.9 Å². The van der Waals surface area contributed by atoms with Crippen LogP contribution in [0.25, 0.3) is 0 Å². The lowest BCUT2D eigenvalue weighted by atomic mass is 10.0. The Kier molecular flexibility index (Phi) is 6.43. The van der Waals surface area contributed by atoms with Gasteiger partial charge in [0.1, 0.15) is 5.75 Å². The third kappa shape index (κ3) is 4.26. The van der Waals surface area contributed by atoms with Gasteiger partial charge in [0.05, 0.1) is 11.6 Å². The van der Waals surface area contributed by atoms with E-state index in [4.69, 9.17) is 32.7 Å². The van der Waals surface area contributed by atoms with Crippen LogP contribution in [0.1, 0.15) is 37.3 Å². The summed E-state index contributed by atoms with van der Waals surface area (Å²) in [6, 6.07) is 3.96. The van der Waals surface area contributed by atoms with E-state index in [1.807, 2.05) is 6.07 Å². The molecule has 1 aliphatic heterocycles. The molecule has 0 saturated carbocycles. The standard InChI is InChI=1S/C15H21Cl2NO2/c1-19-7-4-2-3-6-18-14-5-8-20-15-12(14)9-11(16)10-13(15)17/h9-10,14,18H,2-8H2,1H3. The number of fused-ring (bicyclic) bond motifs is 1. The second kappa shape index (κ2) is 8.08. The van der Waals surface area contributed by atoms with Crippen LogP contribution >= 0.6 is 23.2 Å². The van der Waals surface area contributed by atoms with Gasteiger partial charge in [-0.2, -0.15) is 0 Å². The molecule has 1 N–H and O–H groups in total. The van der Waals surface area contributed by atoms with E-state index >= 15 is 0 Å². The number of rotatable bonds is 7. The number of hydrogen-bond donors (Lipinski definition) is 1. The summed E-state index contributed by atoms with van der Waals surface area (Å²) in [5, 5.41) is 4.83. The van der Waals surface area contributed by atoms with Gasteiger partial charge in [-0.1, -0.05) is 23.2 Å². The van der Waals surface area contributed by atoms with Crippen LogP contribution < -0.4 is 10.1 Å². The van der Waals surface area contributed by atoms with E-state index in [9.17, 15) is 0 Å². The first-order valence-corrected chi connectivity index (χ1v) is 7.82. The zero-order valence-corrected chi connectivity index (χ0v) is 13.3. The molecule has 1 atom stereocenters. The molecule has 2 rings (SSSR count). The fourth-order valence-corrected chi connectivity index (χ4v) is 3.03. The van der Waals surface area contributed by atoms with Crippen molar-refractivity contribution in [3.8, 4) is 5.75 Å². The second-order valence-corrected chi connectivity index (χ2v) is 5.85. The Morgan fingerprint density at radius 1 is 1.30 bits per heavy atom. The number of unbranched alkanes of at least 4 members (excludes halogenated alkanes) is 2. The van der Waals surface area contributed by atoms with Crippen molar-refractivity contribution in [2.45, 2.75) is 31.7 Å². The van der Waals surface area contributed by atoms with Gasteiger partial charge in [-0.15, -0.1) is 0 Å². The average molecular weight is 318 g/mol. The molecule has 112 valence electrons. The number of benzene rings is 1. The van der Waals surface area contributed by atoms with E-state index in [0.717, 1.165) is 43.7 Å². The minimum atomic E-state index is 0.275. The molecule has 3 nitrogen and oxygen atoms in total. The molecule has 0 bridgehead atoms. The molecular formula is C15H21Cl2NO2. The Balaban J connectivity index is 1.88. The van der Waals surface area contributed by atoms with Gasteiger partial charge >= 0.3 is 0 Å². The van der Waals surface area contributed by atoms with Crippen molar-refractivity contribution in [3.63, 3.8) is 0 Å². The van der Waals surface area contributed by atoms with E-state index in [0.29, 0.717) is 16.7 Å². The molecule has 1 aromatic rings. The van der Waals surface area contributed by atoms with E-state index in [1.54, 1.807) is 13.2 Å². The third-order valence-corrected chi connectivity index (χ3v) is 3.98. The van der Waals surface area contributed by atoms with Crippen LogP contribution in [0, 0.1) is 0 Å². The molecule has 20 heavy (non-hydrogen) atoms. The lowest BCUT2D eigenvalue weighted by Gasteiger charge is -2.27. The summed E-state index contributed by atoms with van der Waals surface area (Å²) in [5.74, 6) is 0.777. The highest BCUT2D eigenvalue weighted by Gasteiger charge is 2.23. The lowest BCUT2D eigenvalue weighted by Crippen LogP contribution is -2.28. The number of hydrogen-bond acceptors (Lipinski definition) is 3. The monoisotopic (exact) mass is 317 g/mol. The van der Waals surface area contributed by atoms with Crippen LogP contribution in [0.5, 0.6) is 5.75 Å². The highest BCUT2D eigenvalue weighted by Crippen LogP contribution is 2.39. The van der Waals surface area contributed by atoms with Crippen LogP contribution in [-0.4, -0.2) is 26.9 Å².